The van der Waals surface area contributed by atoms with Crippen molar-refractivity contribution in [2.45, 2.75) is 52.2 Å². The van der Waals surface area contributed by atoms with Crippen molar-refractivity contribution in [2.75, 3.05) is 32.7 Å². The quantitative estimate of drug-likeness (QED) is 0.826. The first kappa shape index (κ1) is 16.2. The zero-order chi connectivity index (χ0) is 14.3. The number of hydrogen-bond donors (Lipinski definition) is 1. The third-order valence-electron chi connectivity index (χ3n) is 3.61. The summed E-state index contributed by atoms with van der Waals surface area (Å²) in [6.45, 7) is 10.2. The number of amides is 1. The van der Waals surface area contributed by atoms with Crippen LogP contribution in [-0.4, -0.2) is 60.8 Å². The third-order valence-corrected chi connectivity index (χ3v) is 3.61. The van der Waals surface area contributed by atoms with E-state index in [1.807, 2.05) is 18.7 Å². The van der Waals surface area contributed by atoms with Gasteiger partial charge in [0.2, 0.25) is 0 Å². The highest BCUT2D eigenvalue weighted by atomic mass is 16.6. The van der Waals surface area contributed by atoms with Gasteiger partial charge in [0.25, 0.3) is 0 Å². The van der Waals surface area contributed by atoms with Gasteiger partial charge in [0, 0.05) is 32.2 Å². The minimum Gasteiger partial charge on any atom is -0.447 e. The Morgan fingerprint density at radius 1 is 1.26 bits per heavy atom. The van der Waals surface area contributed by atoms with Gasteiger partial charge in [-0.3, -0.25) is 4.90 Å². The maximum Gasteiger partial charge on any atom is 0.410 e. The second kappa shape index (κ2) is 8.38. The Hall–Kier alpha value is -0.810. The van der Waals surface area contributed by atoms with E-state index in [1.54, 1.807) is 0 Å². The van der Waals surface area contributed by atoms with E-state index in [0.29, 0.717) is 6.04 Å². The van der Waals surface area contributed by atoms with Gasteiger partial charge in [0.1, 0.15) is 0 Å². The lowest BCUT2D eigenvalue weighted by Gasteiger charge is -2.29. The molecule has 1 aliphatic heterocycles. The van der Waals surface area contributed by atoms with Crippen molar-refractivity contribution in [1.29, 1.82) is 0 Å². The van der Waals surface area contributed by atoms with E-state index < -0.39 is 0 Å². The number of carbonyl (C=O) groups excluding carboxylic acids is 1. The Kier molecular flexibility index (Phi) is 7.16. The van der Waals surface area contributed by atoms with Gasteiger partial charge in [-0.1, -0.05) is 6.92 Å². The Balaban J connectivity index is 2.48. The van der Waals surface area contributed by atoms with Crippen molar-refractivity contribution >= 4 is 6.09 Å². The van der Waals surface area contributed by atoms with Crippen LogP contribution in [0.4, 0.5) is 4.79 Å². The van der Waals surface area contributed by atoms with Crippen LogP contribution >= 0.6 is 0 Å². The number of nitrogens with two attached hydrogens (primary N) is 1. The maximum absolute atomic E-state index is 11.9. The Labute approximate surface area is 117 Å². The minimum absolute atomic E-state index is 0.0486. The Morgan fingerprint density at radius 2 is 2.00 bits per heavy atom. The van der Waals surface area contributed by atoms with Crippen LogP contribution in [0.5, 0.6) is 0 Å². The fraction of sp³-hybridized carbons (Fsp3) is 0.929. The topological polar surface area (TPSA) is 58.8 Å². The molecule has 0 aromatic carbocycles. The third kappa shape index (κ3) is 5.37. The molecule has 1 atom stereocenters. The minimum atomic E-state index is -0.177. The highest BCUT2D eigenvalue weighted by Crippen LogP contribution is 2.13. The van der Waals surface area contributed by atoms with Crippen molar-refractivity contribution in [3.8, 4) is 0 Å². The van der Waals surface area contributed by atoms with E-state index in [0.717, 1.165) is 52.0 Å². The predicted molar refractivity (Wildman–Crippen MR) is 77.1 cm³/mol. The van der Waals surface area contributed by atoms with Gasteiger partial charge in [0.15, 0.2) is 0 Å². The molecule has 1 saturated heterocycles. The summed E-state index contributed by atoms with van der Waals surface area (Å²) in [7, 11) is 0. The summed E-state index contributed by atoms with van der Waals surface area (Å²) >= 11 is 0. The highest BCUT2D eigenvalue weighted by Gasteiger charge is 2.23. The van der Waals surface area contributed by atoms with Gasteiger partial charge < -0.3 is 15.4 Å². The fourth-order valence-corrected chi connectivity index (χ4v) is 2.60. The van der Waals surface area contributed by atoms with Crippen LogP contribution in [0.3, 0.4) is 0 Å². The maximum atomic E-state index is 11.9. The predicted octanol–water partition coefficient (Wildman–Crippen LogP) is 1.67. The molecule has 1 rings (SSSR count). The molecule has 1 unspecified atom stereocenters. The molecule has 1 amide bonds. The molecule has 5 heteroatoms. The molecular formula is C14H29N3O2. The van der Waals surface area contributed by atoms with Crippen LogP contribution in [0.1, 0.15) is 40.0 Å². The molecule has 0 radical (unpaired) electrons. The highest BCUT2D eigenvalue weighted by molar-refractivity contribution is 5.67. The zero-order valence-corrected chi connectivity index (χ0v) is 12.6. The van der Waals surface area contributed by atoms with Gasteiger partial charge in [-0.2, -0.15) is 0 Å². The Morgan fingerprint density at radius 3 is 2.58 bits per heavy atom. The van der Waals surface area contributed by atoms with E-state index in [1.165, 1.54) is 0 Å². The summed E-state index contributed by atoms with van der Waals surface area (Å²) in [5.74, 6) is 0. The van der Waals surface area contributed by atoms with Crippen molar-refractivity contribution in [3.05, 3.63) is 0 Å². The molecule has 0 bridgehead atoms. The second-order valence-electron chi connectivity index (χ2n) is 5.45. The fourth-order valence-electron chi connectivity index (χ4n) is 2.60. The van der Waals surface area contributed by atoms with Crippen LogP contribution < -0.4 is 5.73 Å². The standard InChI is InChI=1S/C14H29N3O2/c1-4-13(6-7-15)16-8-5-9-17(11-10-16)14(18)19-12(2)3/h12-13H,4-11,15H2,1-3H3. The van der Waals surface area contributed by atoms with E-state index in [-0.39, 0.29) is 12.2 Å². The summed E-state index contributed by atoms with van der Waals surface area (Å²) in [5.41, 5.74) is 5.67. The molecule has 19 heavy (non-hydrogen) atoms. The van der Waals surface area contributed by atoms with Crippen LogP contribution in [-0.2, 0) is 4.74 Å². The van der Waals surface area contributed by atoms with Gasteiger partial charge in [-0.25, -0.2) is 4.79 Å². The zero-order valence-electron chi connectivity index (χ0n) is 12.6. The molecule has 0 aromatic rings. The molecule has 0 spiro atoms. The number of carbonyl (C=O) groups is 1. The van der Waals surface area contributed by atoms with Crippen LogP contribution in [0.15, 0.2) is 0 Å². The summed E-state index contributed by atoms with van der Waals surface area (Å²) in [5, 5.41) is 0. The first-order valence-corrected chi connectivity index (χ1v) is 7.48. The van der Waals surface area contributed by atoms with Crippen LogP contribution in [0, 0.1) is 0 Å². The molecule has 1 heterocycles. The monoisotopic (exact) mass is 271 g/mol. The molecular weight excluding hydrogens is 242 g/mol. The lowest BCUT2D eigenvalue weighted by Crippen LogP contribution is -2.40. The van der Waals surface area contributed by atoms with Crippen molar-refractivity contribution in [3.63, 3.8) is 0 Å². The number of ether oxygens (including phenoxy) is 1. The van der Waals surface area contributed by atoms with Crippen molar-refractivity contribution in [2.24, 2.45) is 5.73 Å². The molecule has 1 aliphatic rings. The molecule has 1 fully saturated rings. The molecule has 0 saturated carbocycles. The van der Waals surface area contributed by atoms with Gasteiger partial charge >= 0.3 is 6.09 Å². The lowest BCUT2D eigenvalue weighted by atomic mass is 10.1. The summed E-state index contributed by atoms with van der Waals surface area (Å²) < 4.78 is 5.26. The normalized spacial score (nSPS) is 19.3. The van der Waals surface area contributed by atoms with E-state index in [4.69, 9.17) is 10.5 Å². The number of rotatable bonds is 5. The average Bonchev–Trinajstić information content (AvgIpc) is 2.60. The van der Waals surface area contributed by atoms with Gasteiger partial charge in [-0.15, -0.1) is 0 Å². The van der Waals surface area contributed by atoms with E-state index in [2.05, 4.69) is 11.8 Å². The molecule has 112 valence electrons. The van der Waals surface area contributed by atoms with Crippen molar-refractivity contribution in [1.82, 2.24) is 9.80 Å². The van der Waals surface area contributed by atoms with Crippen LogP contribution in [0.25, 0.3) is 0 Å². The summed E-state index contributed by atoms with van der Waals surface area (Å²) in [6, 6.07) is 0.547. The van der Waals surface area contributed by atoms with E-state index >= 15 is 0 Å². The average molecular weight is 271 g/mol. The van der Waals surface area contributed by atoms with Gasteiger partial charge in [0.05, 0.1) is 6.10 Å². The largest absolute Gasteiger partial charge is 0.447 e. The second-order valence-corrected chi connectivity index (χ2v) is 5.45. The smallest absolute Gasteiger partial charge is 0.410 e. The molecule has 2 N–H and O–H groups in total. The lowest BCUT2D eigenvalue weighted by molar-refractivity contribution is 0.0770. The van der Waals surface area contributed by atoms with E-state index in [9.17, 15) is 4.79 Å². The first-order chi connectivity index (χ1) is 9.08. The summed E-state index contributed by atoms with van der Waals surface area (Å²) in [4.78, 5) is 16.2. The molecule has 0 aliphatic carbocycles. The number of nitrogens with zero attached hydrogens (tertiary/aromatic N) is 2. The summed E-state index contributed by atoms with van der Waals surface area (Å²) in [6.07, 6.45) is 2.94. The molecule has 0 aromatic heterocycles. The van der Waals surface area contributed by atoms with Crippen molar-refractivity contribution < 1.29 is 9.53 Å². The van der Waals surface area contributed by atoms with Crippen LogP contribution in [0.2, 0.25) is 0 Å². The number of hydrogen-bond acceptors (Lipinski definition) is 4. The Bertz CT molecular complexity index is 271. The molecule has 5 nitrogen and oxygen atoms in total. The van der Waals surface area contributed by atoms with Gasteiger partial charge in [-0.05, 0) is 39.7 Å². The first-order valence-electron chi connectivity index (χ1n) is 7.48. The SMILES string of the molecule is CCC(CCN)N1CCCN(C(=O)OC(C)C)CC1.